The molecule has 0 spiro atoms. The Morgan fingerprint density at radius 1 is 1.23 bits per heavy atom. The van der Waals surface area contributed by atoms with Crippen LogP contribution < -0.4 is 0 Å². The summed E-state index contributed by atoms with van der Waals surface area (Å²) in [5.41, 5.74) is 1.92. The molecule has 1 aromatic carbocycles. The van der Waals surface area contributed by atoms with Crippen LogP contribution in [0.3, 0.4) is 0 Å². The topological polar surface area (TPSA) is 48.9 Å². The van der Waals surface area contributed by atoms with Crippen molar-refractivity contribution in [2.45, 2.75) is 0 Å². The first kappa shape index (κ1) is 8.31. The summed E-state index contributed by atoms with van der Waals surface area (Å²) in [5.74, 6) is 0.266. The normalized spacial score (nSPS) is 10.2. The first-order valence-electron chi connectivity index (χ1n) is 3.75. The molecule has 0 amide bonds. The third kappa shape index (κ3) is 1.72. The lowest BCUT2D eigenvalue weighted by Gasteiger charge is -1.96. The van der Waals surface area contributed by atoms with Crippen molar-refractivity contribution in [2.75, 3.05) is 0 Å². The van der Waals surface area contributed by atoms with Crippen molar-refractivity contribution in [1.29, 1.82) is 0 Å². The molecule has 0 fully saturated rings. The van der Waals surface area contributed by atoms with Crippen molar-refractivity contribution >= 4 is 15.9 Å². The van der Waals surface area contributed by atoms with Crippen molar-refractivity contribution < 1.29 is 5.11 Å². The molecule has 1 heterocycles. The molecule has 0 aliphatic carbocycles. The molecule has 0 saturated heterocycles. The second-order valence-corrected chi connectivity index (χ2v) is 3.39. The number of imidazole rings is 1. The van der Waals surface area contributed by atoms with Gasteiger partial charge in [0.15, 0.2) is 4.73 Å². The average molecular weight is 239 g/mol. The van der Waals surface area contributed by atoms with Crippen LogP contribution in [0.15, 0.2) is 35.2 Å². The van der Waals surface area contributed by atoms with Gasteiger partial charge in [-0.2, -0.15) is 0 Å². The van der Waals surface area contributed by atoms with Gasteiger partial charge in [0.05, 0.1) is 11.9 Å². The molecule has 0 aliphatic heterocycles. The molecule has 0 atom stereocenters. The van der Waals surface area contributed by atoms with E-state index < -0.39 is 0 Å². The van der Waals surface area contributed by atoms with Crippen LogP contribution in [0.2, 0.25) is 0 Å². The Bertz CT molecular complexity index is 408. The fraction of sp³-hybridized carbons (Fsp3) is 0. The number of phenolic OH excluding ortho intramolecular Hbond substituents is 1. The predicted octanol–water partition coefficient (Wildman–Crippen LogP) is 2.54. The zero-order chi connectivity index (χ0) is 9.26. The molecule has 0 radical (unpaired) electrons. The largest absolute Gasteiger partial charge is 0.508 e. The molecule has 0 saturated carbocycles. The minimum atomic E-state index is 0.266. The SMILES string of the molecule is Oc1ccc(-c2cnc(Br)[nH]2)cc1. The van der Waals surface area contributed by atoms with Crippen molar-refractivity contribution in [3.63, 3.8) is 0 Å². The second kappa shape index (κ2) is 3.22. The molecule has 4 heteroatoms. The van der Waals surface area contributed by atoms with E-state index in [2.05, 4.69) is 25.9 Å². The number of aromatic nitrogens is 2. The lowest BCUT2D eigenvalue weighted by atomic mass is 10.2. The molecule has 0 aliphatic rings. The Labute approximate surface area is 83.6 Å². The summed E-state index contributed by atoms with van der Waals surface area (Å²) in [7, 11) is 0. The standard InChI is InChI=1S/C9H7BrN2O/c10-9-11-5-8(12-9)6-1-3-7(13)4-2-6/h1-5,13H,(H,11,12). The number of hydrogen-bond donors (Lipinski definition) is 2. The molecule has 13 heavy (non-hydrogen) atoms. The van der Waals surface area contributed by atoms with Gasteiger partial charge >= 0.3 is 0 Å². The number of hydrogen-bond acceptors (Lipinski definition) is 2. The van der Waals surface area contributed by atoms with Gasteiger partial charge in [0, 0.05) is 0 Å². The molecule has 1 aromatic heterocycles. The summed E-state index contributed by atoms with van der Waals surface area (Å²) in [6.45, 7) is 0. The predicted molar refractivity (Wildman–Crippen MR) is 53.4 cm³/mol. The second-order valence-electron chi connectivity index (χ2n) is 2.63. The zero-order valence-electron chi connectivity index (χ0n) is 6.66. The molecule has 2 rings (SSSR count). The van der Waals surface area contributed by atoms with Crippen molar-refractivity contribution in [2.24, 2.45) is 0 Å². The Morgan fingerprint density at radius 3 is 2.46 bits per heavy atom. The summed E-state index contributed by atoms with van der Waals surface area (Å²) in [6, 6.07) is 6.94. The van der Waals surface area contributed by atoms with Crippen molar-refractivity contribution in [3.05, 3.63) is 35.2 Å². The van der Waals surface area contributed by atoms with E-state index in [1.807, 2.05) is 12.1 Å². The van der Waals surface area contributed by atoms with E-state index in [0.717, 1.165) is 11.3 Å². The van der Waals surface area contributed by atoms with Crippen LogP contribution in [-0.4, -0.2) is 15.1 Å². The number of aromatic hydroxyl groups is 1. The number of phenols is 1. The van der Waals surface area contributed by atoms with Crippen LogP contribution >= 0.6 is 15.9 Å². The molecular weight excluding hydrogens is 232 g/mol. The van der Waals surface area contributed by atoms with Gasteiger partial charge in [-0.15, -0.1) is 0 Å². The molecule has 3 nitrogen and oxygen atoms in total. The maximum atomic E-state index is 9.07. The quantitative estimate of drug-likeness (QED) is 0.803. The van der Waals surface area contributed by atoms with Crippen molar-refractivity contribution in [3.8, 4) is 17.0 Å². The van der Waals surface area contributed by atoms with Crippen molar-refractivity contribution in [1.82, 2.24) is 9.97 Å². The number of benzene rings is 1. The highest BCUT2D eigenvalue weighted by molar-refractivity contribution is 9.10. The third-order valence-corrected chi connectivity index (χ3v) is 2.13. The molecule has 2 aromatic rings. The molecule has 2 N–H and O–H groups in total. The van der Waals surface area contributed by atoms with Gasteiger partial charge in [-0.25, -0.2) is 4.98 Å². The van der Waals surface area contributed by atoms with Crippen LogP contribution in [0.5, 0.6) is 5.75 Å². The lowest BCUT2D eigenvalue weighted by Crippen LogP contribution is -1.75. The minimum absolute atomic E-state index is 0.266. The highest BCUT2D eigenvalue weighted by atomic mass is 79.9. The summed E-state index contributed by atoms with van der Waals surface area (Å²) < 4.78 is 0.704. The van der Waals surface area contributed by atoms with Crippen LogP contribution in [-0.2, 0) is 0 Å². The summed E-state index contributed by atoms with van der Waals surface area (Å²) in [6.07, 6.45) is 1.73. The highest BCUT2D eigenvalue weighted by Gasteiger charge is 2.00. The minimum Gasteiger partial charge on any atom is -0.508 e. The fourth-order valence-corrected chi connectivity index (χ4v) is 1.40. The van der Waals surface area contributed by atoms with E-state index in [9.17, 15) is 0 Å². The summed E-state index contributed by atoms with van der Waals surface area (Å²) >= 11 is 3.23. The molecule has 0 bridgehead atoms. The number of aromatic amines is 1. The average Bonchev–Trinajstić information content (AvgIpc) is 2.53. The summed E-state index contributed by atoms with van der Waals surface area (Å²) in [4.78, 5) is 7.05. The first-order valence-corrected chi connectivity index (χ1v) is 4.55. The first-order chi connectivity index (χ1) is 6.25. The van der Waals surface area contributed by atoms with Gasteiger partial charge in [0.2, 0.25) is 0 Å². The fourth-order valence-electron chi connectivity index (χ4n) is 1.08. The van der Waals surface area contributed by atoms with E-state index in [1.54, 1.807) is 18.3 Å². The van der Waals surface area contributed by atoms with Crippen LogP contribution in [0, 0.1) is 0 Å². The Balaban J connectivity index is 2.41. The Hall–Kier alpha value is -1.29. The Kier molecular flexibility index (Phi) is 2.06. The molecule has 0 unspecified atom stereocenters. The lowest BCUT2D eigenvalue weighted by molar-refractivity contribution is 0.475. The van der Waals surface area contributed by atoms with E-state index in [1.165, 1.54) is 0 Å². The van der Waals surface area contributed by atoms with Crippen LogP contribution in [0.25, 0.3) is 11.3 Å². The number of nitrogens with one attached hydrogen (secondary N) is 1. The van der Waals surface area contributed by atoms with Gasteiger partial charge < -0.3 is 10.1 Å². The number of halogens is 1. The maximum absolute atomic E-state index is 9.07. The van der Waals surface area contributed by atoms with E-state index in [0.29, 0.717) is 4.73 Å². The zero-order valence-corrected chi connectivity index (χ0v) is 8.25. The highest BCUT2D eigenvalue weighted by Crippen LogP contribution is 2.20. The van der Waals surface area contributed by atoms with Gasteiger partial charge in [0.1, 0.15) is 5.75 Å². The molecular formula is C9H7BrN2O. The van der Waals surface area contributed by atoms with E-state index in [-0.39, 0.29) is 5.75 Å². The van der Waals surface area contributed by atoms with Gasteiger partial charge in [-0.1, -0.05) is 0 Å². The Morgan fingerprint density at radius 2 is 1.92 bits per heavy atom. The smallest absolute Gasteiger partial charge is 0.174 e. The van der Waals surface area contributed by atoms with E-state index in [4.69, 9.17) is 5.11 Å². The maximum Gasteiger partial charge on any atom is 0.174 e. The number of rotatable bonds is 1. The van der Waals surface area contributed by atoms with Gasteiger partial charge in [0.25, 0.3) is 0 Å². The number of nitrogens with zero attached hydrogens (tertiary/aromatic N) is 1. The van der Waals surface area contributed by atoms with Crippen LogP contribution in [0.4, 0.5) is 0 Å². The summed E-state index contributed by atoms with van der Waals surface area (Å²) in [5, 5.41) is 9.07. The van der Waals surface area contributed by atoms with Gasteiger partial charge in [-0.05, 0) is 45.8 Å². The van der Waals surface area contributed by atoms with Gasteiger partial charge in [-0.3, -0.25) is 0 Å². The monoisotopic (exact) mass is 238 g/mol. The molecule has 66 valence electrons. The van der Waals surface area contributed by atoms with Crippen LogP contribution in [0.1, 0.15) is 0 Å². The third-order valence-electron chi connectivity index (χ3n) is 1.72. The van der Waals surface area contributed by atoms with E-state index >= 15 is 0 Å². The number of H-pyrrole nitrogens is 1.